The van der Waals surface area contributed by atoms with E-state index in [0.29, 0.717) is 27.3 Å². The fraction of sp³-hybridized carbons (Fsp3) is 0.100. The van der Waals surface area contributed by atoms with Crippen molar-refractivity contribution in [3.8, 4) is 5.75 Å². The van der Waals surface area contributed by atoms with E-state index >= 15 is 0 Å². The Kier molecular flexibility index (Phi) is 5.50. The van der Waals surface area contributed by atoms with Crippen LogP contribution in [0.1, 0.15) is 16.1 Å². The lowest BCUT2D eigenvalue weighted by Gasteiger charge is -2.03. The number of rotatable bonds is 6. The molecule has 29 heavy (non-hydrogen) atoms. The quantitative estimate of drug-likeness (QED) is 0.484. The zero-order chi connectivity index (χ0) is 20.2. The zero-order valence-electron chi connectivity index (χ0n) is 15.3. The second kappa shape index (κ2) is 8.38. The van der Waals surface area contributed by atoms with Crippen LogP contribution in [0, 0.1) is 0 Å². The van der Waals surface area contributed by atoms with Crippen molar-refractivity contribution in [2.24, 2.45) is 0 Å². The summed E-state index contributed by atoms with van der Waals surface area (Å²) in [5.74, 6) is 0.201. The average molecular weight is 425 g/mol. The zero-order valence-corrected chi connectivity index (χ0v) is 17.0. The van der Waals surface area contributed by atoms with Crippen molar-refractivity contribution in [1.29, 1.82) is 0 Å². The molecule has 0 saturated carbocycles. The molecule has 0 radical (unpaired) electrons. The molecule has 0 aliphatic heterocycles. The number of hydrogen-bond donors (Lipinski definition) is 2. The van der Waals surface area contributed by atoms with E-state index in [1.165, 1.54) is 22.7 Å². The SMILES string of the molecule is COc1ccc(C(=O)Nc2nc(CC(=O)Nc3nc4ccccc4s3)cs2)cc1. The highest BCUT2D eigenvalue weighted by Gasteiger charge is 2.13. The summed E-state index contributed by atoms with van der Waals surface area (Å²) in [7, 11) is 1.57. The first-order valence-electron chi connectivity index (χ1n) is 8.66. The molecule has 0 saturated heterocycles. The minimum atomic E-state index is -0.271. The lowest BCUT2D eigenvalue weighted by Crippen LogP contribution is -2.15. The van der Waals surface area contributed by atoms with Gasteiger partial charge in [0.15, 0.2) is 10.3 Å². The normalized spacial score (nSPS) is 10.7. The van der Waals surface area contributed by atoms with Crippen LogP contribution in [-0.2, 0) is 11.2 Å². The summed E-state index contributed by atoms with van der Waals surface area (Å²) < 4.78 is 6.10. The Bertz CT molecular complexity index is 1130. The van der Waals surface area contributed by atoms with Gasteiger partial charge in [-0.1, -0.05) is 23.5 Å². The molecule has 4 aromatic rings. The Hall–Kier alpha value is -3.30. The van der Waals surface area contributed by atoms with Crippen LogP contribution < -0.4 is 15.4 Å². The number of thiazole rings is 2. The minimum absolute atomic E-state index is 0.102. The lowest BCUT2D eigenvalue weighted by atomic mass is 10.2. The highest BCUT2D eigenvalue weighted by atomic mass is 32.1. The van der Waals surface area contributed by atoms with Crippen molar-refractivity contribution in [3.63, 3.8) is 0 Å². The van der Waals surface area contributed by atoms with Gasteiger partial charge in [0.25, 0.3) is 5.91 Å². The number of amides is 2. The van der Waals surface area contributed by atoms with E-state index in [1.807, 2.05) is 24.3 Å². The number of hydrogen-bond acceptors (Lipinski definition) is 7. The average Bonchev–Trinajstić information content (AvgIpc) is 3.33. The number of carbonyl (C=O) groups excluding carboxylic acids is 2. The van der Waals surface area contributed by atoms with Crippen molar-refractivity contribution in [2.75, 3.05) is 17.7 Å². The maximum atomic E-state index is 12.3. The molecular weight excluding hydrogens is 408 g/mol. The van der Waals surface area contributed by atoms with Crippen molar-refractivity contribution >= 4 is 55.0 Å². The van der Waals surface area contributed by atoms with E-state index in [1.54, 1.807) is 36.8 Å². The van der Waals surface area contributed by atoms with Gasteiger partial charge in [-0.05, 0) is 36.4 Å². The van der Waals surface area contributed by atoms with E-state index in [2.05, 4.69) is 20.6 Å². The van der Waals surface area contributed by atoms with Crippen LogP contribution in [0.3, 0.4) is 0 Å². The van der Waals surface area contributed by atoms with Crippen LogP contribution in [0.25, 0.3) is 10.2 Å². The second-order valence-corrected chi connectivity index (χ2v) is 7.93. The standard InChI is InChI=1S/C20H16N4O3S2/c1-27-14-8-6-12(7-9-14)18(26)24-19-21-13(11-28-19)10-17(25)23-20-22-15-4-2-3-5-16(15)29-20/h2-9,11H,10H2,1H3,(H,21,24,26)(H,22,23,25). The number of para-hydroxylation sites is 1. The molecule has 0 atom stereocenters. The summed E-state index contributed by atoms with van der Waals surface area (Å²) in [6, 6.07) is 14.5. The van der Waals surface area contributed by atoms with Gasteiger partial charge in [0, 0.05) is 10.9 Å². The molecule has 4 rings (SSSR count). The van der Waals surface area contributed by atoms with Gasteiger partial charge >= 0.3 is 0 Å². The van der Waals surface area contributed by atoms with Crippen LogP contribution in [0.4, 0.5) is 10.3 Å². The molecule has 0 fully saturated rings. The van der Waals surface area contributed by atoms with E-state index in [9.17, 15) is 9.59 Å². The Labute approximate surface area is 174 Å². The largest absolute Gasteiger partial charge is 0.497 e. The van der Waals surface area contributed by atoms with E-state index in [-0.39, 0.29) is 18.2 Å². The van der Waals surface area contributed by atoms with E-state index in [4.69, 9.17) is 4.74 Å². The molecule has 0 spiro atoms. The number of fused-ring (bicyclic) bond motifs is 1. The number of nitrogens with one attached hydrogen (secondary N) is 2. The van der Waals surface area contributed by atoms with Crippen molar-refractivity contribution in [3.05, 3.63) is 65.2 Å². The fourth-order valence-electron chi connectivity index (χ4n) is 2.61. The maximum absolute atomic E-state index is 12.3. The minimum Gasteiger partial charge on any atom is -0.497 e. The van der Waals surface area contributed by atoms with Crippen molar-refractivity contribution < 1.29 is 14.3 Å². The predicted octanol–water partition coefficient (Wildman–Crippen LogP) is 4.19. The molecule has 2 amide bonds. The third kappa shape index (κ3) is 4.58. The molecule has 146 valence electrons. The summed E-state index contributed by atoms with van der Waals surface area (Å²) >= 11 is 2.69. The monoisotopic (exact) mass is 424 g/mol. The van der Waals surface area contributed by atoms with Crippen molar-refractivity contribution in [2.45, 2.75) is 6.42 Å². The Morgan fingerprint density at radius 2 is 1.79 bits per heavy atom. The molecule has 0 unspecified atom stereocenters. The van der Waals surface area contributed by atoms with Gasteiger partial charge in [0.1, 0.15) is 5.75 Å². The Morgan fingerprint density at radius 3 is 2.55 bits per heavy atom. The summed E-state index contributed by atoms with van der Waals surface area (Å²) in [5, 5.41) is 8.29. The summed E-state index contributed by atoms with van der Waals surface area (Å²) in [5.41, 5.74) is 1.93. The molecule has 2 aromatic heterocycles. The van der Waals surface area contributed by atoms with Crippen LogP contribution in [-0.4, -0.2) is 28.9 Å². The first-order valence-corrected chi connectivity index (χ1v) is 10.4. The summed E-state index contributed by atoms with van der Waals surface area (Å²) in [6.45, 7) is 0. The lowest BCUT2D eigenvalue weighted by molar-refractivity contribution is -0.115. The maximum Gasteiger partial charge on any atom is 0.257 e. The third-order valence-electron chi connectivity index (χ3n) is 4.01. The Balaban J connectivity index is 1.35. The fourth-order valence-corrected chi connectivity index (χ4v) is 4.20. The first-order chi connectivity index (χ1) is 14.1. The number of nitrogens with zero attached hydrogens (tertiary/aromatic N) is 2. The number of aromatic nitrogens is 2. The van der Waals surface area contributed by atoms with Crippen LogP contribution >= 0.6 is 22.7 Å². The highest BCUT2D eigenvalue weighted by Crippen LogP contribution is 2.25. The third-order valence-corrected chi connectivity index (χ3v) is 5.76. The van der Waals surface area contributed by atoms with Crippen LogP contribution in [0.5, 0.6) is 5.75 Å². The number of methoxy groups -OCH3 is 1. The molecule has 7 nitrogen and oxygen atoms in total. The van der Waals surface area contributed by atoms with Crippen LogP contribution in [0.15, 0.2) is 53.9 Å². The topological polar surface area (TPSA) is 93.2 Å². The molecule has 0 aliphatic rings. The van der Waals surface area contributed by atoms with Gasteiger partial charge in [0.05, 0.1) is 29.4 Å². The van der Waals surface area contributed by atoms with Gasteiger partial charge in [0.2, 0.25) is 5.91 Å². The van der Waals surface area contributed by atoms with E-state index in [0.717, 1.165) is 10.2 Å². The number of carbonyl (C=O) groups is 2. The number of benzene rings is 2. The number of anilines is 2. The van der Waals surface area contributed by atoms with Gasteiger partial charge < -0.3 is 10.1 Å². The first kappa shape index (κ1) is 19.0. The molecule has 9 heteroatoms. The highest BCUT2D eigenvalue weighted by molar-refractivity contribution is 7.22. The number of ether oxygens (including phenoxy) is 1. The van der Waals surface area contributed by atoms with Gasteiger partial charge in [-0.15, -0.1) is 11.3 Å². The van der Waals surface area contributed by atoms with Gasteiger partial charge in [-0.2, -0.15) is 0 Å². The molecular formula is C20H16N4O3S2. The van der Waals surface area contributed by atoms with E-state index < -0.39 is 0 Å². The smallest absolute Gasteiger partial charge is 0.257 e. The molecule has 2 heterocycles. The predicted molar refractivity (Wildman–Crippen MR) is 115 cm³/mol. The van der Waals surface area contributed by atoms with Gasteiger partial charge in [-0.25, -0.2) is 9.97 Å². The summed E-state index contributed by atoms with van der Waals surface area (Å²) in [4.78, 5) is 33.3. The second-order valence-electron chi connectivity index (χ2n) is 6.04. The molecule has 2 N–H and O–H groups in total. The molecule has 2 aromatic carbocycles. The molecule has 0 bridgehead atoms. The van der Waals surface area contributed by atoms with Crippen LogP contribution in [0.2, 0.25) is 0 Å². The Morgan fingerprint density at radius 1 is 1.00 bits per heavy atom. The van der Waals surface area contributed by atoms with Crippen molar-refractivity contribution in [1.82, 2.24) is 9.97 Å². The van der Waals surface area contributed by atoms with Gasteiger partial charge in [-0.3, -0.25) is 14.9 Å². The molecule has 0 aliphatic carbocycles. The summed E-state index contributed by atoms with van der Waals surface area (Å²) in [6.07, 6.45) is 0.102.